The van der Waals surface area contributed by atoms with Crippen LogP contribution in [-0.2, 0) is 4.79 Å². The van der Waals surface area contributed by atoms with Crippen LogP contribution in [0.4, 0.5) is 11.8 Å². The molecule has 2 N–H and O–H groups in total. The minimum absolute atomic E-state index is 0.140. The number of hydrogen-bond donors (Lipinski definition) is 1. The molecule has 10 heteroatoms. The number of hydrogen-bond acceptors (Lipinski definition) is 9. The number of nitrogen functional groups attached to an aromatic ring is 1. The van der Waals surface area contributed by atoms with Crippen molar-refractivity contribution in [2.75, 3.05) is 57.6 Å². The molecule has 0 spiro atoms. The highest BCUT2D eigenvalue weighted by atomic mass is 16.6. The van der Waals surface area contributed by atoms with Gasteiger partial charge in [-0.05, 0) is 18.2 Å². The highest BCUT2D eigenvalue weighted by Crippen LogP contribution is 2.34. The molecule has 1 amide bonds. The van der Waals surface area contributed by atoms with Gasteiger partial charge in [-0.15, -0.1) is 0 Å². The maximum absolute atomic E-state index is 13.3. The summed E-state index contributed by atoms with van der Waals surface area (Å²) in [7, 11) is 3.07. The summed E-state index contributed by atoms with van der Waals surface area (Å²) in [6.07, 6.45) is -2.59. The Morgan fingerprint density at radius 2 is 1.82 bits per heavy atom. The first kappa shape index (κ1) is 17.6. The van der Waals surface area contributed by atoms with Gasteiger partial charge in [0.05, 0.1) is 23.8 Å². The smallest absolute Gasteiger partial charge is 0.267 e. The third-order valence-corrected chi connectivity index (χ3v) is 5.58. The first-order chi connectivity index (χ1) is 17.2. The maximum Gasteiger partial charge on any atom is 0.267 e. The van der Waals surface area contributed by atoms with E-state index in [1.807, 2.05) is 4.90 Å². The van der Waals surface area contributed by atoms with Crippen LogP contribution in [0.5, 0.6) is 23.0 Å². The number of benzene rings is 2. The van der Waals surface area contributed by atoms with E-state index in [1.54, 1.807) is 24.3 Å². The molecule has 3 aromatic rings. The van der Waals surface area contributed by atoms with Crippen LogP contribution in [0, 0.1) is 0 Å². The number of carbonyl (C=O) groups excluding carboxylic acids is 1. The summed E-state index contributed by atoms with van der Waals surface area (Å²) in [6, 6.07) is 9.82. The minimum atomic E-state index is -2.69. The number of nitrogens with two attached hydrogens (primary N) is 1. The van der Waals surface area contributed by atoms with E-state index in [0.717, 1.165) is 0 Å². The number of ether oxygens (including phenoxy) is 4. The summed E-state index contributed by atoms with van der Waals surface area (Å²) in [4.78, 5) is 25.6. The fourth-order valence-electron chi connectivity index (χ4n) is 3.80. The predicted molar refractivity (Wildman–Crippen MR) is 122 cm³/mol. The Bertz CT molecular complexity index is 1330. The third kappa shape index (κ3) is 3.88. The van der Waals surface area contributed by atoms with E-state index in [2.05, 4.69) is 9.97 Å². The van der Waals surface area contributed by atoms with Gasteiger partial charge in [-0.2, -0.15) is 4.98 Å². The van der Waals surface area contributed by atoms with Crippen LogP contribution in [0.25, 0.3) is 10.9 Å². The number of fused-ring (bicyclic) bond motifs is 2. The number of piperazine rings is 1. The zero-order chi connectivity index (χ0) is 25.7. The molecule has 1 aromatic heterocycles. The highest BCUT2D eigenvalue weighted by molar-refractivity contribution is 5.91. The van der Waals surface area contributed by atoms with Crippen LogP contribution in [0.2, 0.25) is 0 Å². The molecule has 5 rings (SSSR count). The molecule has 2 aliphatic rings. The molecule has 0 bridgehead atoms. The lowest BCUT2D eigenvalue weighted by atomic mass is 10.2. The molecule has 10 nitrogen and oxygen atoms in total. The molecule has 2 aromatic carbocycles. The number of nitrogens with zero attached hydrogens (tertiary/aromatic N) is 4. The minimum Gasteiger partial charge on any atom is -0.493 e. The van der Waals surface area contributed by atoms with Crippen molar-refractivity contribution < 1.29 is 27.9 Å². The molecule has 2 aliphatic heterocycles. The van der Waals surface area contributed by atoms with E-state index >= 15 is 0 Å². The molecule has 172 valence electrons. The Morgan fingerprint density at radius 1 is 1.12 bits per heavy atom. The van der Waals surface area contributed by atoms with Crippen molar-refractivity contribution in [2.24, 2.45) is 0 Å². The molecule has 0 radical (unpaired) electrons. The fraction of sp³-hybridized carbons (Fsp3) is 0.348. The summed E-state index contributed by atoms with van der Waals surface area (Å²) in [6.45, 7) is -1.59. The Kier molecular flexibility index (Phi) is 4.55. The van der Waals surface area contributed by atoms with E-state index in [0.29, 0.717) is 41.4 Å². The first-order valence-electron chi connectivity index (χ1n) is 11.9. The normalized spacial score (nSPS) is 22.8. The lowest BCUT2D eigenvalue weighted by Gasteiger charge is -2.37. The van der Waals surface area contributed by atoms with Crippen molar-refractivity contribution in [2.45, 2.75) is 6.08 Å². The van der Waals surface area contributed by atoms with Gasteiger partial charge >= 0.3 is 0 Å². The second kappa shape index (κ2) is 8.53. The van der Waals surface area contributed by atoms with Gasteiger partial charge in [-0.3, -0.25) is 4.79 Å². The molecule has 1 saturated heterocycles. The molecule has 1 unspecified atom stereocenters. The second-order valence-corrected chi connectivity index (χ2v) is 7.49. The van der Waals surface area contributed by atoms with Crippen LogP contribution in [0.1, 0.15) is 4.11 Å². The largest absolute Gasteiger partial charge is 0.493 e. The SMILES string of the molecule is [2H]C1([2H])Oc2ccccc2OC1([2H])C(=O)N1CCN(c2nc(N)c3cc(OC)c(OC)cc3n2)CC1. The summed E-state index contributed by atoms with van der Waals surface area (Å²) in [5.41, 5.74) is 6.78. The summed E-state index contributed by atoms with van der Waals surface area (Å²) < 4.78 is 46.6. The molecule has 0 saturated carbocycles. The van der Waals surface area contributed by atoms with Crippen molar-refractivity contribution in [3.8, 4) is 23.0 Å². The molecular formula is C23H25N5O5. The highest BCUT2D eigenvalue weighted by Gasteiger charge is 2.33. The van der Waals surface area contributed by atoms with E-state index in [-0.39, 0.29) is 30.4 Å². The van der Waals surface area contributed by atoms with E-state index in [1.165, 1.54) is 31.3 Å². The average Bonchev–Trinajstić information content (AvgIpc) is 2.88. The van der Waals surface area contributed by atoms with Crippen LogP contribution in [0.15, 0.2) is 36.4 Å². The number of methoxy groups -OCH3 is 2. The standard InChI is InChI=1S/C23H25N5O5/c1-30-18-11-14-15(12-19(18)31-2)25-23(26-21(14)24)28-9-7-27(8-10-28)22(29)20-13-32-16-5-3-4-6-17(16)33-20/h3-6,11-12,20H,7-10,13H2,1-2H3,(H2,24,25,26)/i13D2,20D. The summed E-state index contributed by atoms with van der Waals surface area (Å²) >= 11 is 0. The fourth-order valence-corrected chi connectivity index (χ4v) is 3.80. The second-order valence-electron chi connectivity index (χ2n) is 7.49. The first-order valence-corrected chi connectivity index (χ1v) is 10.4. The molecule has 3 heterocycles. The van der Waals surface area contributed by atoms with Crippen molar-refractivity contribution in [1.29, 1.82) is 0 Å². The molecular weight excluding hydrogens is 426 g/mol. The molecule has 0 aliphatic carbocycles. The van der Waals surface area contributed by atoms with Crippen molar-refractivity contribution in [3.05, 3.63) is 36.4 Å². The molecule has 1 fully saturated rings. The van der Waals surface area contributed by atoms with Crippen LogP contribution in [0.3, 0.4) is 0 Å². The molecule has 1 atom stereocenters. The third-order valence-electron chi connectivity index (χ3n) is 5.58. The Labute approximate surface area is 195 Å². The number of anilines is 2. The zero-order valence-electron chi connectivity index (χ0n) is 21.2. The Hall–Kier alpha value is -3.95. The molecule has 33 heavy (non-hydrogen) atoms. The predicted octanol–water partition coefficient (Wildman–Crippen LogP) is 1.72. The van der Waals surface area contributed by atoms with Crippen molar-refractivity contribution >= 4 is 28.6 Å². The average molecular weight is 455 g/mol. The quantitative estimate of drug-likeness (QED) is 0.630. The van der Waals surface area contributed by atoms with Gasteiger partial charge in [-0.25, -0.2) is 4.98 Å². The Balaban J connectivity index is 1.35. The summed E-state index contributed by atoms with van der Waals surface area (Å²) in [5.74, 6) is 1.15. The van der Waals surface area contributed by atoms with E-state index in [4.69, 9.17) is 28.8 Å². The van der Waals surface area contributed by atoms with E-state index in [9.17, 15) is 4.79 Å². The zero-order valence-corrected chi connectivity index (χ0v) is 18.2. The Morgan fingerprint density at radius 3 is 2.55 bits per heavy atom. The number of carbonyl (C=O) groups is 1. The summed E-state index contributed by atoms with van der Waals surface area (Å²) in [5, 5.41) is 0.623. The van der Waals surface area contributed by atoms with Crippen molar-refractivity contribution in [1.82, 2.24) is 14.9 Å². The van der Waals surface area contributed by atoms with Gasteiger partial charge in [-0.1, -0.05) is 12.1 Å². The number of rotatable bonds is 4. The number of amides is 1. The maximum atomic E-state index is 13.3. The van der Waals surface area contributed by atoms with Crippen LogP contribution >= 0.6 is 0 Å². The van der Waals surface area contributed by atoms with Gasteiger partial charge < -0.3 is 34.5 Å². The van der Waals surface area contributed by atoms with E-state index < -0.39 is 18.5 Å². The topological polar surface area (TPSA) is 112 Å². The number of para-hydroxylation sites is 2. The van der Waals surface area contributed by atoms with Gasteiger partial charge in [0.1, 0.15) is 12.4 Å². The van der Waals surface area contributed by atoms with Gasteiger partial charge in [0.2, 0.25) is 12.0 Å². The van der Waals surface area contributed by atoms with Crippen LogP contribution in [-0.4, -0.2) is 73.8 Å². The van der Waals surface area contributed by atoms with Gasteiger partial charge in [0, 0.05) is 37.6 Å². The van der Waals surface area contributed by atoms with Crippen LogP contribution < -0.4 is 29.6 Å². The monoisotopic (exact) mass is 454 g/mol. The van der Waals surface area contributed by atoms with Gasteiger partial charge in [0.15, 0.2) is 23.0 Å². The lowest BCUT2D eigenvalue weighted by Crippen LogP contribution is -2.54. The van der Waals surface area contributed by atoms with Gasteiger partial charge in [0.25, 0.3) is 5.91 Å². The van der Waals surface area contributed by atoms with Crippen molar-refractivity contribution in [3.63, 3.8) is 0 Å². The number of aromatic nitrogens is 2. The lowest BCUT2D eigenvalue weighted by molar-refractivity contribution is -0.141.